The summed E-state index contributed by atoms with van der Waals surface area (Å²) >= 11 is 0. The monoisotopic (exact) mass is 374 g/mol. The van der Waals surface area contributed by atoms with E-state index in [9.17, 15) is 9.90 Å². The lowest BCUT2D eigenvalue weighted by Gasteiger charge is -2.38. The van der Waals surface area contributed by atoms with Crippen molar-refractivity contribution in [3.63, 3.8) is 0 Å². The standard InChI is InChI=1S/C20H30N4O3/c1-27-19(26)6-5-16-11-22-18(12-21-16)23-17-7-10-24(13-17)14-20(15-25)8-3-2-4-9-20/h5-6,11-12,17,25H,2-4,7-10,13-15H2,1H3,(H,22,23)/t17-/m1/s1. The van der Waals surface area contributed by atoms with Gasteiger partial charge in [-0.25, -0.2) is 9.78 Å². The fourth-order valence-corrected chi connectivity index (χ4v) is 4.17. The number of carbonyl (C=O) groups excluding carboxylic acids is 1. The smallest absolute Gasteiger partial charge is 0.330 e. The van der Waals surface area contributed by atoms with E-state index in [4.69, 9.17) is 0 Å². The maximum atomic E-state index is 11.1. The Morgan fingerprint density at radius 3 is 2.85 bits per heavy atom. The molecular weight excluding hydrogens is 344 g/mol. The number of carbonyl (C=O) groups is 1. The van der Waals surface area contributed by atoms with Crippen LogP contribution in [0.2, 0.25) is 0 Å². The first-order valence-corrected chi connectivity index (χ1v) is 9.80. The molecule has 2 heterocycles. The minimum atomic E-state index is -0.413. The van der Waals surface area contributed by atoms with Gasteiger partial charge in [0.2, 0.25) is 0 Å². The highest BCUT2D eigenvalue weighted by Crippen LogP contribution is 2.37. The molecule has 1 aliphatic heterocycles. The number of likely N-dealkylation sites (tertiary alicyclic amines) is 1. The molecule has 1 aromatic rings. The van der Waals surface area contributed by atoms with Crippen molar-refractivity contribution in [2.24, 2.45) is 5.41 Å². The van der Waals surface area contributed by atoms with Gasteiger partial charge in [0.05, 0.1) is 25.2 Å². The second-order valence-electron chi connectivity index (χ2n) is 7.77. The number of esters is 1. The van der Waals surface area contributed by atoms with Crippen molar-refractivity contribution in [2.75, 3.05) is 38.7 Å². The van der Waals surface area contributed by atoms with Gasteiger partial charge >= 0.3 is 5.97 Å². The van der Waals surface area contributed by atoms with Crippen molar-refractivity contribution in [1.82, 2.24) is 14.9 Å². The Kier molecular flexibility index (Phi) is 6.79. The number of methoxy groups -OCH3 is 1. The molecule has 7 nitrogen and oxygen atoms in total. The molecule has 0 aromatic carbocycles. The highest BCUT2D eigenvalue weighted by Gasteiger charge is 2.35. The van der Waals surface area contributed by atoms with E-state index in [1.807, 2.05) is 0 Å². The van der Waals surface area contributed by atoms with E-state index in [2.05, 4.69) is 24.9 Å². The number of rotatable bonds is 7. The van der Waals surface area contributed by atoms with Gasteiger partial charge in [-0.05, 0) is 25.3 Å². The summed E-state index contributed by atoms with van der Waals surface area (Å²) in [6, 6.07) is 0.343. The van der Waals surface area contributed by atoms with Gasteiger partial charge in [-0.3, -0.25) is 4.98 Å². The number of aliphatic hydroxyl groups excluding tert-OH is 1. The molecule has 27 heavy (non-hydrogen) atoms. The number of aromatic nitrogens is 2. The molecule has 2 N–H and O–H groups in total. The van der Waals surface area contributed by atoms with E-state index in [1.54, 1.807) is 18.5 Å². The van der Waals surface area contributed by atoms with Crippen molar-refractivity contribution in [3.05, 3.63) is 24.2 Å². The molecule has 0 spiro atoms. The van der Waals surface area contributed by atoms with Crippen molar-refractivity contribution in [2.45, 2.75) is 44.6 Å². The molecule has 1 aliphatic carbocycles. The summed E-state index contributed by atoms with van der Waals surface area (Å²) in [5.41, 5.74) is 0.710. The second kappa shape index (κ2) is 9.28. The molecule has 1 aromatic heterocycles. The molecule has 7 heteroatoms. The van der Waals surface area contributed by atoms with Crippen molar-refractivity contribution in [1.29, 1.82) is 0 Å². The van der Waals surface area contributed by atoms with E-state index in [0.717, 1.165) is 44.7 Å². The van der Waals surface area contributed by atoms with Gasteiger partial charge in [-0.2, -0.15) is 0 Å². The van der Waals surface area contributed by atoms with Gasteiger partial charge in [0.25, 0.3) is 0 Å². The Morgan fingerprint density at radius 2 is 2.19 bits per heavy atom. The van der Waals surface area contributed by atoms with Crippen LogP contribution in [0.25, 0.3) is 6.08 Å². The van der Waals surface area contributed by atoms with Crippen LogP contribution in [0.15, 0.2) is 18.5 Å². The first kappa shape index (κ1) is 19.8. The van der Waals surface area contributed by atoms with Gasteiger partial charge in [0.1, 0.15) is 5.82 Å². The topological polar surface area (TPSA) is 87.6 Å². The predicted molar refractivity (Wildman–Crippen MR) is 104 cm³/mol. The number of anilines is 1. The van der Waals surface area contributed by atoms with Crippen LogP contribution in [-0.4, -0.2) is 65.3 Å². The Bertz CT molecular complexity index is 641. The normalized spacial score (nSPS) is 22.8. The summed E-state index contributed by atoms with van der Waals surface area (Å²) in [6.07, 6.45) is 13.4. The summed E-state index contributed by atoms with van der Waals surface area (Å²) in [7, 11) is 1.34. The van der Waals surface area contributed by atoms with E-state index >= 15 is 0 Å². The van der Waals surface area contributed by atoms with E-state index in [0.29, 0.717) is 18.3 Å². The first-order chi connectivity index (χ1) is 13.1. The van der Waals surface area contributed by atoms with E-state index < -0.39 is 5.97 Å². The third kappa shape index (κ3) is 5.49. The minimum absolute atomic E-state index is 0.0978. The third-order valence-electron chi connectivity index (χ3n) is 5.70. The SMILES string of the molecule is COC(=O)C=Cc1cnc(N[C@@H]2CCN(CC3(CO)CCCCC3)C2)cn1. The summed E-state index contributed by atoms with van der Waals surface area (Å²) in [6.45, 7) is 3.30. The second-order valence-corrected chi connectivity index (χ2v) is 7.77. The van der Waals surface area contributed by atoms with Crippen LogP contribution in [0.5, 0.6) is 0 Å². The molecule has 1 saturated heterocycles. The summed E-state index contributed by atoms with van der Waals surface area (Å²) in [5.74, 6) is 0.329. The fourth-order valence-electron chi connectivity index (χ4n) is 4.17. The lowest BCUT2D eigenvalue weighted by Crippen LogP contribution is -2.41. The Morgan fingerprint density at radius 1 is 1.37 bits per heavy atom. The molecule has 1 saturated carbocycles. The Balaban J connectivity index is 1.49. The molecule has 0 radical (unpaired) electrons. The molecular formula is C20H30N4O3. The van der Waals surface area contributed by atoms with Crippen LogP contribution < -0.4 is 5.32 Å². The van der Waals surface area contributed by atoms with Gasteiger partial charge in [-0.15, -0.1) is 0 Å². The zero-order chi connectivity index (χ0) is 19.1. The van der Waals surface area contributed by atoms with Gasteiger partial charge < -0.3 is 20.1 Å². The number of nitrogens with one attached hydrogen (secondary N) is 1. The molecule has 0 bridgehead atoms. The fraction of sp³-hybridized carbons (Fsp3) is 0.650. The van der Waals surface area contributed by atoms with Gasteiger partial charge in [-0.1, -0.05) is 19.3 Å². The third-order valence-corrected chi connectivity index (χ3v) is 5.70. The number of nitrogens with zero attached hydrogens (tertiary/aromatic N) is 3. The highest BCUT2D eigenvalue weighted by atomic mass is 16.5. The van der Waals surface area contributed by atoms with Crippen molar-refractivity contribution in [3.8, 4) is 0 Å². The average Bonchev–Trinajstić information content (AvgIpc) is 3.14. The molecule has 3 rings (SSSR count). The lowest BCUT2D eigenvalue weighted by molar-refractivity contribution is -0.134. The van der Waals surface area contributed by atoms with Crippen LogP contribution in [0.1, 0.15) is 44.2 Å². The van der Waals surface area contributed by atoms with E-state index in [1.165, 1.54) is 32.4 Å². The van der Waals surface area contributed by atoms with Crippen LogP contribution in [0, 0.1) is 5.41 Å². The van der Waals surface area contributed by atoms with Crippen LogP contribution in [0.4, 0.5) is 5.82 Å². The molecule has 0 unspecified atom stereocenters. The van der Waals surface area contributed by atoms with Crippen LogP contribution in [0.3, 0.4) is 0 Å². The maximum Gasteiger partial charge on any atom is 0.330 e. The van der Waals surface area contributed by atoms with Crippen molar-refractivity contribution >= 4 is 17.9 Å². The van der Waals surface area contributed by atoms with Crippen LogP contribution in [-0.2, 0) is 9.53 Å². The molecule has 2 aliphatic rings. The first-order valence-electron chi connectivity index (χ1n) is 9.80. The Labute approximate surface area is 160 Å². The number of aliphatic hydroxyl groups is 1. The number of hydrogen-bond acceptors (Lipinski definition) is 7. The predicted octanol–water partition coefficient (Wildman–Crippen LogP) is 2.09. The van der Waals surface area contributed by atoms with E-state index in [-0.39, 0.29) is 5.41 Å². The minimum Gasteiger partial charge on any atom is -0.466 e. The maximum absolute atomic E-state index is 11.1. The molecule has 2 fully saturated rings. The largest absolute Gasteiger partial charge is 0.466 e. The molecule has 0 amide bonds. The molecule has 148 valence electrons. The zero-order valence-corrected chi connectivity index (χ0v) is 16.1. The lowest BCUT2D eigenvalue weighted by atomic mass is 9.74. The van der Waals surface area contributed by atoms with Crippen LogP contribution >= 0.6 is 0 Å². The summed E-state index contributed by atoms with van der Waals surface area (Å²) in [4.78, 5) is 22.3. The summed E-state index contributed by atoms with van der Waals surface area (Å²) in [5, 5.41) is 13.4. The number of ether oxygens (including phenoxy) is 1. The summed E-state index contributed by atoms with van der Waals surface area (Å²) < 4.78 is 4.56. The van der Waals surface area contributed by atoms with Crippen molar-refractivity contribution < 1.29 is 14.6 Å². The zero-order valence-electron chi connectivity index (χ0n) is 16.1. The average molecular weight is 374 g/mol. The number of hydrogen-bond donors (Lipinski definition) is 2. The van der Waals surface area contributed by atoms with Gasteiger partial charge in [0.15, 0.2) is 0 Å². The highest BCUT2D eigenvalue weighted by molar-refractivity contribution is 5.86. The Hall–Kier alpha value is -1.99. The molecule has 1 atom stereocenters. The quantitative estimate of drug-likeness (QED) is 0.558. The van der Waals surface area contributed by atoms with Gasteiger partial charge in [0, 0.05) is 43.8 Å².